The molecule has 122 valence electrons. The van der Waals surface area contributed by atoms with Crippen LogP contribution in [0.4, 0.5) is 0 Å². The van der Waals surface area contributed by atoms with E-state index in [0.717, 1.165) is 22.4 Å². The Bertz CT molecular complexity index is 903. The zero-order valence-electron chi connectivity index (χ0n) is 13.1. The van der Waals surface area contributed by atoms with Crippen LogP contribution in [-0.4, -0.2) is 25.6 Å². The van der Waals surface area contributed by atoms with Crippen molar-refractivity contribution in [3.63, 3.8) is 0 Å². The molecule has 2 unspecified atom stereocenters. The highest BCUT2D eigenvalue weighted by atomic mass is 32.2. The van der Waals surface area contributed by atoms with Crippen LogP contribution >= 0.6 is 0 Å². The number of nitrogens with one attached hydrogen (secondary N) is 1. The lowest BCUT2D eigenvalue weighted by molar-refractivity contribution is 0.513. The van der Waals surface area contributed by atoms with Crippen LogP contribution in [0.2, 0.25) is 0 Å². The van der Waals surface area contributed by atoms with E-state index in [0.29, 0.717) is 0 Å². The summed E-state index contributed by atoms with van der Waals surface area (Å²) in [6.07, 6.45) is 1.94. The molecular weight excluding hydrogens is 320 g/mol. The first-order valence-electron chi connectivity index (χ1n) is 7.97. The Morgan fingerprint density at radius 2 is 1.67 bits per heavy atom. The number of rotatable bonds is 2. The Morgan fingerprint density at radius 3 is 2.38 bits per heavy atom. The van der Waals surface area contributed by atoms with Gasteiger partial charge in [-0.1, -0.05) is 60.7 Å². The molecule has 2 aromatic carbocycles. The normalized spacial score (nSPS) is 26.5. The zero-order chi connectivity index (χ0) is 16.6. The number of fused-ring (bicyclic) bond motifs is 1. The van der Waals surface area contributed by atoms with E-state index in [1.54, 1.807) is 0 Å². The summed E-state index contributed by atoms with van der Waals surface area (Å²) in [4.78, 5) is 0. The molecule has 0 aromatic heterocycles. The molecule has 1 saturated heterocycles. The molecule has 0 saturated carbocycles. The highest BCUT2D eigenvalue weighted by molar-refractivity contribution is 7.91. The molecule has 0 bridgehead atoms. The predicted octanol–water partition coefficient (Wildman–Crippen LogP) is 2.82. The molecular formula is C19H18N2O2S. The lowest BCUT2D eigenvalue weighted by Gasteiger charge is -2.26. The second-order valence-electron chi connectivity index (χ2n) is 6.26. The average Bonchev–Trinajstić information content (AvgIpc) is 2.99. The predicted molar refractivity (Wildman–Crippen MR) is 96.3 cm³/mol. The first kappa shape index (κ1) is 15.1. The van der Waals surface area contributed by atoms with Gasteiger partial charge in [0.25, 0.3) is 0 Å². The topological polar surface area (TPSA) is 58.5 Å². The van der Waals surface area contributed by atoms with Gasteiger partial charge in [0, 0.05) is 5.92 Å². The lowest BCUT2D eigenvalue weighted by atomic mass is 9.88. The van der Waals surface area contributed by atoms with Gasteiger partial charge in [0.1, 0.15) is 0 Å². The number of benzene rings is 2. The molecule has 5 heteroatoms. The zero-order valence-corrected chi connectivity index (χ0v) is 13.9. The quantitative estimate of drug-likeness (QED) is 0.916. The number of nitrogens with zero attached hydrogens (tertiary/aromatic N) is 1. The number of hydrogen-bond donors (Lipinski definition) is 1. The third kappa shape index (κ3) is 2.87. The molecule has 0 spiro atoms. The molecule has 2 aliphatic rings. The summed E-state index contributed by atoms with van der Waals surface area (Å²) in [6, 6.07) is 19.6. The highest BCUT2D eigenvalue weighted by Crippen LogP contribution is 2.35. The first-order valence-corrected chi connectivity index (χ1v) is 9.79. The number of sulfone groups is 1. The summed E-state index contributed by atoms with van der Waals surface area (Å²) in [5.74, 6) is 0.0615. The van der Waals surface area contributed by atoms with Gasteiger partial charge in [-0.25, -0.2) is 8.42 Å². The minimum Gasteiger partial charge on any atom is -0.302 e. The van der Waals surface area contributed by atoms with Crippen molar-refractivity contribution in [3.8, 4) is 0 Å². The molecule has 2 heterocycles. The monoisotopic (exact) mass is 338 g/mol. The minimum absolute atomic E-state index is 0.0560. The van der Waals surface area contributed by atoms with Gasteiger partial charge >= 0.3 is 0 Å². The van der Waals surface area contributed by atoms with E-state index < -0.39 is 9.84 Å². The third-order valence-corrected chi connectivity index (χ3v) is 6.13. The van der Waals surface area contributed by atoms with Crippen molar-refractivity contribution < 1.29 is 8.42 Å². The summed E-state index contributed by atoms with van der Waals surface area (Å²) >= 11 is 0. The van der Waals surface area contributed by atoms with Gasteiger partial charge in [0.15, 0.2) is 9.84 Å². The number of hydrogen-bond acceptors (Lipinski definition) is 4. The maximum Gasteiger partial charge on any atom is 0.155 e. The maximum atomic E-state index is 12.4. The number of hydrazone groups is 1. The molecule has 1 fully saturated rings. The Balaban J connectivity index is 1.73. The van der Waals surface area contributed by atoms with Crippen LogP contribution in [0.25, 0.3) is 6.08 Å². The Labute approximate surface area is 141 Å². The smallest absolute Gasteiger partial charge is 0.155 e. The van der Waals surface area contributed by atoms with Crippen molar-refractivity contribution in [3.05, 3.63) is 77.4 Å². The molecule has 24 heavy (non-hydrogen) atoms. The van der Waals surface area contributed by atoms with Gasteiger partial charge in [-0.05, 0) is 22.8 Å². The van der Waals surface area contributed by atoms with E-state index in [9.17, 15) is 8.42 Å². The van der Waals surface area contributed by atoms with Crippen molar-refractivity contribution in [1.82, 2.24) is 5.43 Å². The van der Waals surface area contributed by atoms with E-state index in [-0.39, 0.29) is 23.5 Å². The molecule has 0 aliphatic carbocycles. The third-order valence-electron chi connectivity index (χ3n) is 4.51. The molecule has 2 aromatic rings. The Morgan fingerprint density at radius 1 is 1.00 bits per heavy atom. The lowest BCUT2D eigenvalue weighted by Crippen LogP contribution is -2.36. The summed E-state index contributed by atoms with van der Waals surface area (Å²) < 4.78 is 24.9. The molecule has 4 nitrogen and oxygen atoms in total. The van der Waals surface area contributed by atoms with Crippen LogP contribution in [-0.2, 0) is 9.84 Å². The minimum atomic E-state index is -3.14. The highest BCUT2D eigenvalue weighted by Gasteiger charge is 2.42. The van der Waals surface area contributed by atoms with Gasteiger partial charge in [-0.2, -0.15) is 5.10 Å². The molecule has 2 aliphatic heterocycles. The van der Waals surface area contributed by atoms with E-state index in [2.05, 4.69) is 10.5 Å². The van der Waals surface area contributed by atoms with Crippen molar-refractivity contribution in [2.75, 3.05) is 11.5 Å². The summed E-state index contributed by atoms with van der Waals surface area (Å²) in [5.41, 5.74) is 6.88. The molecule has 4 rings (SSSR count). The van der Waals surface area contributed by atoms with Gasteiger partial charge in [0.2, 0.25) is 0 Å². The van der Waals surface area contributed by atoms with E-state index in [1.165, 1.54) is 0 Å². The van der Waals surface area contributed by atoms with Gasteiger partial charge in [-0.15, -0.1) is 0 Å². The van der Waals surface area contributed by atoms with Crippen LogP contribution < -0.4 is 5.43 Å². The average molecular weight is 338 g/mol. The van der Waals surface area contributed by atoms with Crippen LogP contribution in [0, 0.1) is 5.92 Å². The largest absolute Gasteiger partial charge is 0.302 e. The van der Waals surface area contributed by atoms with E-state index >= 15 is 0 Å². The summed E-state index contributed by atoms with van der Waals surface area (Å²) in [6.45, 7) is 0. The van der Waals surface area contributed by atoms with Crippen LogP contribution in [0.5, 0.6) is 0 Å². The van der Waals surface area contributed by atoms with Gasteiger partial charge < -0.3 is 5.43 Å². The van der Waals surface area contributed by atoms with E-state index in [1.807, 2.05) is 66.7 Å². The summed E-state index contributed by atoms with van der Waals surface area (Å²) in [7, 11) is -3.14. The van der Waals surface area contributed by atoms with Crippen molar-refractivity contribution in [1.29, 1.82) is 0 Å². The maximum absolute atomic E-state index is 12.4. The SMILES string of the molecule is O=S1(=O)C/C(=C/c2ccccc2)C2=NNC(c3ccccc3)C2C1. The van der Waals surface area contributed by atoms with Crippen LogP contribution in [0.15, 0.2) is 71.3 Å². The summed E-state index contributed by atoms with van der Waals surface area (Å²) in [5, 5.41) is 4.49. The standard InChI is InChI=1S/C19H18N2O2S/c22-24(23)12-16(11-14-7-3-1-4-8-14)19-17(13-24)18(20-21-19)15-9-5-2-6-10-15/h1-11,17-18,20H,12-13H2/b16-11-. The van der Waals surface area contributed by atoms with Crippen molar-refractivity contribution in [2.45, 2.75) is 6.04 Å². The van der Waals surface area contributed by atoms with E-state index in [4.69, 9.17) is 0 Å². The van der Waals surface area contributed by atoms with Crippen molar-refractivity contribution >= 4 is 21.6 Å². The molecule has 0 amide bonds. The fourth-order valence-corrected chi connectivity index (χ4v) is 5.15. The molecule has 2 atom stereocenters. The second kappa shape index (κ2) is 5.91. The Kier molecular flexibility index (Phi) is 3.73. The van der Waals surface area contributed by atoms with Crippen LogP contribution in [0.3, 0.4) is 0 Å². The Hall–Kier alpha value is -2.40. The van der Waals surface area contributed by atoms with Crippen molar-refractivity contribution in [2.24, 2.45) is 11.0 Å². The molecule has 1 N–H and O–H groups in total. The first-order chi connectivity index (χ1) is 11.6. The fourth-order valence-electron chi connectivity index (χ4n) is 3.43. The fraction of sp³-hybridized carbons (Fsp3) is 0.211. The second-order valence-corrected chi connectivity index (χ2v) is 8.36. The van der Waals surface area contributed by atoms with Gasteiger partial charge in [-0.3, -0.25) is 0 Å². The van der Waals surface area contributed by atoms with Gasteiger partial charge in [0.05, 0.1) is 23.3 Å². The molecule has 0 radical (unpaired) electrons. The van der Waals surface area contributed by atoms with Crippen LogP contribution in [0.1, 0.15) is 17.2 Å².